The van der Waals surface area contributed by atoms with E-state index in [1.54, 1.807) is 13.0 Å². The summed E-state index contributed by atoms with van der Waals surface area (Å²) in [7, 11) is 0. The van der Waals surface area contributed by atoms with Gasteiger partial charge < -0.3 is 10.2 Å². The Balaban J connectivity index is 2.30. The topological polar surface area (TPSA) is 74.6 Å². The molecule has 0 saturated heterocycles. The van der Waals surface area contributed by atoms with Gasteiger partial charge in [0.1, 0.15) is 11.5 Å². The summed E-state index contributed by atoms with van der Waals surface area (Å²) in [6.45, 7) is 9.58. The van der Waals surface area contributed by atoms with E-state index in [1.807, 2.05) is 38.2 Å². The van der Waals surface area contributed by atoms with Crippen LogP contribution in [-0.4, -0.2) is 22.3 Å². The minimum absolute atomic E-state index is 0.0687. The van der Waals surface area contributed by atoms with Crippen LogP contribution in [0.2, 0.25) is 5.02 Å². The molecular formula is C23H27ClO4. The fourth-order valence-electron chi connectivity index (χ4n) is 3.45. The number of aldehydes is 1. The van der Waals surface area contributed by atoms with Crippen molar-refractivity contribution in [3.8, 4) is 11.5 Å². The molecule has 28 heavy (non-hydrogen) atoms. The number of hydrogen-bond donors (Lipinski definition) is 2. The molecule has 1 aliphatic carbocycles. The molecule has 0 saturated carbocycles. The molecule has 0 heterocycles. The largest absolute Gasteiger partial charge is 0.507 e. The smallest absolute Gasteiger partial charge is 0.159 e. The lowest BCUT2D eigenvalue weighted by Crippen LogP contribution is -2.37. The van der Waals surface area contributed by atoms with Crippen LogP contribution >= 0.6 is 11.6 Å². The van der Waals surface area contributed by atoms with E-state index in [0.29, 0.717) is 11.8 Å². The number of carbonyl (C=O) groups is 2. The first kappa shape index (κ1) is 22.0. The minimum Gasteiger partial charge on any atom is -0.507 e. The Hall–Kier alpha value is -2.33. The van der Waals surface area contributed by atoms with E-state index in [0.717, 1.165) is 5.57 Å². The molecule has 3 atom stereocenters. The summed E-state index contributed by atoms with van der Waals surface area (Å²) in [5.41, 5.74) is 1.27. The second-order valence-electron chi connectivity index (χ2n) is 7.77. The lowest BCUT2D eigenvalue weighted by atomic mass is 9.64. The van der Waals surface area contributed by atoms with E-state index < -0.39 is 0 Å². The van der Waals surface area contributed by atoms with E-state index in [-0.39, 0.29) is 57.1 Å². The first-order chi connectivity index (χ1) is 13.0. The highest BCUT2D eigenvalue weighted by Crippen LogP contribution is 2.42. The van der Waals surface area contributed by atoms with Crippen LogP contribution in [0.15, 0.2) is 36.0 Å². The van der Waals surface area contributed by atoms with Crippen molar-refractivity contribution in [2.75, 3.05) is 0 Å². The molecule has 0 aliphatic heterocycles. The normalized spacial score (nSPS) is 25.5. The summed E-state index contributed by atoms with van der Waals surface area (Å²) >= 11 is 6.09. The third kappa shape index (κ3) is 3.93. The lowest BCUT2D eigenvalue weighted by Gasteiger charge is -2.38. The Bertz CT molecular complexity index is 895. The molecule has 150 valence electrons. The van der Waals surface area contributed by atoms with E-state index >= 15 is 0 Å². The van der Waals surface area contributed by atoms with Gasteiger partial charge in [-0.15, -0.1) is 0 Å². The standard InChI is InChI=1S/C23H27ClO4/c1-13(10-11-23(5)14(2)7-9-19(26)16(23)4)6-8-17-21(27)18(12-25)15(3)20(24)22(17)28/h6-7,9-12,14,16,27-28H,8H2,1-5H3/t14-,16-,23+/m0/s1. The summed E-state index contributed by atoms with van der Waals surface area (Å²) in [5, 5.41) is 20.7. The van der Waals surface area contributed by atoms with Crippen LogP contribution in [0, 0.1) is 24.2 Å². The Morgan fingerprint density at radius 3 is 2.54 bits per heavy atom. The van der Waals surface area contributed by atoms with Gasteiger partial charge in [0, 0.05) is 16.9 Å². The Morgan fingerprint density at radius 1 is 1.29 bits per heavy atom. The number of carbonyl (C=O) groups excluding carboxylic acids is 2. The van der Waals surface area contributed by atoms with Crippen molar-refractivity contribution in [3.63, 3.8) is 0 Å². The summed E-state index contributed by atoms with van der Waals surface area (Å²) in [4.78, 5) is 23.3. The molecule has 0 bridgehead atoms. The van der Waals surface area contributed by atoms with Gasteiger partial charge in [-0.3, -0.25) is 9.59 Å². The monoisotopic (exact) mass is 402 g/mol. The number of ketones is 1. The van der Waals surface area contributed by atoms with Gasteiger partial charge in [-0.1, -0.05) is 62.2 Å². The van der Waals surface area contributed by atoms with E-state index in [2.05, 4.69) is 13.8 Å². The molecule has 2 N–H and O–H groups in total. The molecule has 5 heteroatoms. The second kappa shape index (κ2) is 8.36. The third-order valence-corrected chi connectivity index (χ3v) is 6.57. The minimum atomic E-state index is -0.289. The number of benzene rings is 1. The van der Waals surface area contributed by atoms with Gasteiger partial charge in [0.25, 0.3) is 0 Å². The van der Waals surface area contributed by atoms with Crippen LogP contribution in [0.1, 0.15) is 49.2 Å². The van der Waals surface area contributed by atoms with Crippen molar-refractivity contribution in [2.45, 2.75) is 41.0 Å². The van der Waals surface area contributed by atoms with Crippen molar-refractivity contribution in [1.82, 2.24) is 0 Å². The van der Waals surface area contributed by atoms with Crippen molar-refractivity contribution < 1.29 is 19.8 Å². The fraction of sp³-hybridized carbons (Fsp3) is 0.391. The highest BCUT2D eigenvalue weighted by atomic mass is 35.5. The number of phenols is 2. The zero-order chi connectivity index (χ0) is 21.2. The first-order valence-corrected chi connectivity index (χ1v) is 9.68. The maximum Gasteiger partial charge on any atom is 0.159 e. The maximum absolute atomic E-state index is 12.1. The molecule has 1 aromatic carbocycles. The van der Waals surface area contributed by atoms with E-state index in [1.165, 1.54) is 0 Å². The predicted molar refractivity (Wildman–Crippen MR) is 112 cm³/mol. The van der Waals surface area contributed by atoms with Crippen molar-refractivity contribution in [3.05, 3.63) is 57.7 Å². The summed E-state index contributed by atoms with van der Waals surface area (Å²) in [6, 6.07) is 0. The molecule has 0 unspecified atom stereocenters. The average Bonchev–Trinajstić information content (AvgIpc) is 2.66. The van der Waals surface area contributed by atoms with Crippen molar-refractivity contribution in [2.24, 2.45) is 17.3 Å². The number of rotatable bonds is 5. The molecule has 1 aliphatic rings. The average molecular weight is 403 g/mol. The van der Waals surface area contributed by atoms with Crippen LogP contribution in [0.5, 0.6) is 11.5 Å². The predicted octanol–water partition coefficient (Wildman–Crippen LogP) is 5.33. The van der Waals surface area contributed by atoms with Gasteiger partial charge >= 0.3 is 0 Å². The highest BCUT2D eigenvalue weighted by Gasteiger charge is 2.39. The van der Waals surface area contributed by atoms with Gasteiger partial charge in [0.15, 0.2) is 12.1 Å². The Morgan fingerprint density at radius 2 is 1.93 bits per heavy atom. The number of hydrogen-bond acceptors (Lipinski definition) is 4. The van der Waals surface area contributed by atoms with Gasteiger partial charge in [0.2, 0.25) is 0 Å². The molecule has 2 rings (SSSR count). The van der Waals surface area contributed by atoms with Crippen molar-refractivity contribution >= 4 is 23.7 Å². The number of allylic oxidation sites excluding steroid dienone is 6. The van der Waals surface area contributed by atoms with E-state index in [9.17, 15) is 19.8 Å². The first-order valence-electron chi connectivity index (χ1n) is 9.30. The number of aromatic hydroxyl groups is 2. The maximum atomic E-state index is 12.1. The molecule has 0 amide bonds. The zero-order valence-corrected chi connectivity index (χ0v) is 17.7. The Kier molecular flexibility index (Phi) is 6.56. The van der Waals surface area contributed by atoms with Crippen LogP contribution in [0.25, 0.3) is 0 Å². The lowest BCUT2D eigenvalue weighted by molar-refractivity contribution is -0.121. The molecule has 1 aromatic rings. The van der Waals surface area contributed by atoms with Crippen LogP contribution in [-0.2, 0) is 11.2 Å². The van der Waals surface area contributed by atoms with Crippen LogP contribution < -0.4 is 0 Å². The number of phenolic OH excluding ortho intramolecular Hbond substituents is 2. The molecule has 0 aromatic heterocycles. The van der Waals surface area contributed by atoms with E-state index in [4.69, 9.17) is 11.6 Å². The molecule has 0 radical (unpaired) electrons. The molecule has 4 nitrogen and oxygen atoms in total. The summed E-state index contributed by atoms with van der Waals surface area (Å²) in [6.07, 6.45) is 10.2. The van der Waals surface area contributed by atoms with Gasteiger partial charge in [0.05, 0.1) is 10.6 Å². The van der Waals surface area contributed by atoms with Crippen molar-refractivity contribution in [1.29, 1.82) is 0 Å². The Labute approximate surface area is 171 Å². The highest BCUT2D eigenvalue weighted by molar-refractivity contribution is 6.33. The quantitative estimate of drug-likeness (QED) is 0.515. The summed E-state index contributed by atoms with van der Waals surface area (Å²) < 4.78 is 0. The fourth-order valence-corrected chi connectivity index (χ4v) is 3.66. The zero-order valence-electron chi connectivity index (χ0n) is 16.9. The summed E-state index contributed by atoms with van der Waals surface area (Å²) in [5.74, 6) is -0.233. The molecular weight excluding hydrogens is 376 g/mol. The van der Waals surface area contributed by atoms with Crippen LogP contribution in [0.3, 0.4) is 0 Å². The molecule has 0 fully saturated rings. The van der Waals surface area contributed by atoms with Gasteiger partial charge in [-0.25, -0.2) is 0 Å². The molecule has 0 spiro atoms. The SMILES string of the molecule is CC(C=C[C@]1(C)[C@@H](C)C=CC(=O)[C@@H]1C)=CCc1c(O)c(Cl)c(C)c(C=O)c1O. The van der Waals surface area contributed by atoms with Gasteiger partial charge in [-0.2, -0.15) is 0 Å². The number of halogens is 1. The van der Waals surface area contributed by atoms with Crippen LogP contribution in [0.4, 0.5) is 0 Å². The van der Waals surface area contributed by atoms with Gasteiger partial charge in [-0.05, 0) is 37.8 Å². The second-order valence-corrected chi connectivity index (χ2v) is 8.15. The third-order valence-electron chi connectivity index (χ3n) is 6.11.